The first-order valence-electron chi connectivity index (χ1n) is 8.42. The van der Waals surface area contributed by atoms with Crippen molar-refractivity contribution < 1.29 is 19.0 Å². The Kier molecular flexibility index (Phi) is 6.39. The zero-order chi connectivity index (χ0) is 16.9. The molecule has 2 rings (SSSR count). The summed E-state index contributed by atoms with van der Waals surface area (Å²) in [7, 11) is 1.60. The molecule has 0 spiro atoms. The summed E-state index contributed by atoms with van der Waals surface area (Å²) in [4.78, 5) is 0. The third-order valence-corrected chi connectivity index (χ3v) is 4.59. The van der Waals surface area contributed by atoms with Crippen LogP contribution in [0.4, 0.5) is 4.39 Å². The van der Waals surface area contributed by atoms with Gasteiger partial charge in [-0.2, -0.15) is 0 Å². The van der Waals surface area contributed by atoms with Gasteiger partial charge in [0.15, 0.2) is 0 Å². The highest BCUT2D eigenvalue weighted by atomic mass is 19.1. The van der Waals surface area contributed by atoms with Gasteiger partial charge in [0.05, 0.1) is 0 Å². The van der Waals surface area contributed by atoms with E-state index in [0.717, 1.165) is 25.8 Å². The standard InChI is InChI=1S/C18H28FNO3/c1-4-6-17(22-3)18(21,14-7-5-10-20-12-14)23-16-9-8-15(19)11-13(16)2/h8-9,11,14,17,20-21H,4-7,10,12H2,1-3H3/t14-,17?,18?/m1/s1. The molecule has 1 aromatic carbocycles. The summed E-state index contributed by atoms with van der Waals surface area (Å²) < 4.78 is 25.0. The smallest absolute Gasteiger partial charge is 0.238 e. The van der Waals surface area contributed by atoms with Crippen LogP contribution < -0.4 is 10.1 Å². The van der Waals surface area contributed by atoms with Crippen molar-refractivity contribution in [3.63, 3.8) is 0 Å². The first kappa shape index (κ1) is 18.2. The van der Waals surface area contributed by atoms with Crippen LogP contribution in [0, 0.1) is 18.7 Å². The predicted molar refractivity (Wildman–Crippen MR) is 88.0 cm³/mol. The molecule has 0 amide bonds. The normalized spacial score (nSPS) is 22.4. The first-order chi connectivity index (χ1) is 11.0. The van der Waals surface area contributed by atoms with Crippen LogP contribution in [0.25, 0.3) is 0 Å². The lowest BCUT2D eigenvalue weighted by Crippen LogP contribution is -2.58. The molecule has 4 nitrogen and oxygen atoms in total. The van der Waals surface area contributed by atoms with Crippen LogP contribution in [-0.2, 0) is 4.74 Å². The molecule has 130 valence electrons. The first-order valence-corrected chi connectivity index (χ1v) is 8.42. The Morgan fingerprint density at radius 3 is 2.83 bits per heavy atom. The van der Waals surface area contributed by atoms with E-state index >= 15 is 0 Å². The van der Waals surface area contributed by atoms with Gasteiger partial charge in [-0.15, -0.1) is 0 Å². The molecule has 1 heterocycles. The summed E-state index contributed by atoms with van der Waals surface area (Å²) >= 11 is 0. The largest absolute Gasteiger partial charge is 0.459 e. The van der Waals surface area contributed by atoms with Gasteiger partial charge in [-0.3, -0.25) is 0 Å². The molecule has 1 fully saturated rings. The third kappa shape index (κ3) is 4.22. The van der Waals surface area contributed by atoms with E-state index in [1.165, 1.54) is 12.1 Å². The number of aliphatic hydroxyl groups is 1. The fraction of sp³-hybridized carbons (Fsp3) is 0.667. The Morgan fingerprint density at radius 2 is 2.26 bits per heavy atom. The Morgan fingerprint density at radius 1 is 1.48 bits per heavy atom. The minimum absolute atomic E-state index is 0.0720. The van der Waals surface area contributed by atoms with Gasteiger partial charge in [-0.1, -0.05) is 13.3 Å². The van der Waals surface area contributed by atoms with Gasteiger partial charge in [0.25, 0.3) is 0 Å². The van der Waals surface area contributed by atoms with Crippen LogP contribution in [0.5, 0.6) is 5.75 Å². The summed E-state index contributed by atoms with van der Waals surface area (Å²) in [5.74, 6) is -1.31. The van der Waals surface area contributed by atoms with Crippen LogP contribution in [0.1, 0.15) is 38.2 Å². The molecule has 2 unspecified atom stereocenters. The van der Waals surface area contributed by atoms with Crippen molar-refractivity contribution >= 4 is 0 Å². The number of halogens is 1. The summed E-state index contributed by atoms with van der Waals surface area (Å²) in [5.41, 5.74) is 0.665. The van der Waals surface area contributed by atoms with Crippen LogP contribution in [0.15, 0.2) is 18.2 Å². The highest BCUT2D eigenvalue weighted by Gasteiger charge is 2.47. The summed E-state index contributed by atoms with van der Waals surface area (Å²) in [6.07, 6.45) is 3.01. The van der Waals surface area contributed by atoms with E-state index in [9.17, 15) is 9.50 Å². The molecule has 23 heavy (non-hydrogen) atoms. The van der Waals surface area contributed by atoms with E-state index in [2.05, 4.69) is 12.2 Å². The number of piperidine rings is 1. The lowest BCUT2D eigenvalue weighted by molar-refractivity contribution is -0.249. The maximum atomic E-state index is 13.3. The Balaban J connectivity index is 2.31. The van der Waals surface area contributed by atoms with Gasteiger partial charge >= 0.3 is 0 Å². The van der Waals surface area contributed by atoms with Crippen molar-refractivity contribution in [2.24, 2.45) is 5.92 Å². The Hall–Kier alpha value is -1.17. The Bertz CT molecular complexity index is 498. The van der Waals surface area contributed by atoms with Crippen LogP contribution in [0.2, 0.25) is 0 Å². The van der Waals surface area contributed by atoms with E-state index in [1.807, 2.05) is 0 Å². The summed E-state index contributed by atoms with van der Waals surface area (Å²) in [6, 6.07) is 4.34. The van der Waals surface area contributed by atoms with Crippen LogP contribution in [0.3, 0.4) is 0 Å². The number of aryl methyl sites for hydroxylation is 1. The van der Waals surface area contributed by atoms with Crippen molar-refractivity contribution in [1.29, 1.82) is 0 Å². The number of hydrogen-bond donors (Lipinski definition) is 2. The monoisotopic (exact) mass is 325 g/mol. The summed E-state index contributed by atoms with van der Waals surface area (Å²) in [6.45, 7) is 5.46. The number of nitrogens with one attached hydrogen (secondary N) is 1. The average Bonchev–Trinajstić information content (AvgIpc) is 2.56. The zero-order valence-corrected chi connectivity index (χ0v) is 14.3. The molecule has 0 aromatic heterocycles. The topological polar surface area (TPSA) is 50.7 Å². The number of benzene rings is 1. The van der Waals surface area contributed by atoms with Crippen molar-refractivity contribution in [3.05, 3.63) is 29.6 Å². The van der Waals surface area contributed by atoms with Gasteiger partial charge in [0.1, 0.15) is 17.7 Å². The maximum absolute atomic E-state index is 13.3. The van der Waals surface area contributed by atoms with E-state index in [0.29, 0.717) is 24.3 Å². The van der Waals surface area contributed by atoms with Crippen LogP contribution in [-0.4, -0.2) is 37.2 Å². The number of rotatable bonds is 7. The van der Waals surface area contributed by atoms with Crippen LogP contribution >= 0.6 is 0 Å². The second kappa shape index (κ2) is 8.08. The number of ether oxygens (including phenoxy) is 2. The maximum Gasteiger partial charge on any atom is 0.238 e. The molecule has 3 atom stereocenters. The SMILES string of the molecule is CCCC(OC)C(O)(Oc1ccc(F)cc1C)[C@@H]1CCCNC1. The molecular formula is C18H28FNO3. The molecule has 1 aliphatic heterocycles. The fourth-order valence-electron chi connectivity index (χ4n) is 3.28. The van der Waals surface area contributed by atoms with E-state index < -0.39 is 11.9 Å². The van der Waals surface area contributed by atoms with Gasteiger partial charge in [0.2, 0.25) is 5.79 Å². The molecule has 1 aliphatic rings. The molecule has 0 aliphatic carbocycles. The molecule has 1 aromatic rings. The minimum atomic E-state index is -1.43. The molecular weight excluding hydrogens is 297 g/mol. The van der Waals surface area contributed by atoms with Gasteiger partial charge < -0.3 is 19.9 Å². The molecule has 0 bridgehead atoms. The van der Waals surface area contributed by atoms with E-state index in [4.69, 9.17) is 9.47 Å². The molecule has 0 radical (unpaired) electrons. The second-order valence-electron chi connectivity index (χ2n) is 6.32. The molecule has 2 N–H and O–H groups in total. The van der Waals surface area contributed by atoms with Crippen molar-refractivity contribution in [2.75, 3.05) is 20.2 Å². The third-order valence-electron chi connectivity index (χ3n) is 4.59. The second-order valence-corrected chi connectivity index (χ2v) is 6.32. The lowest BCUT2D eigenvalue weighted by atomic mass is 9.85. The highest BCUT2D eigenvalue weighted by Crippen LogP contribution is 2.35. The van der Waals surface area contributed by atoms with E-state index in [-0.39, 0.29) is 11.7 Å². The van der Waals surface area contributed by atoms with Gasteiger partial charge in [-0.25, -0.2) is 4.39 Å². The quantitative estimate of drug-likeness (QED) is 0.757. The Labute approximate surface area is 138 Å². The average molecular weight is 325 g/mol. The minimum Gasteiger partial charge on any atom is -0.459 e. The van der Waals surface area contributed by atoms with Gasteiger partial charge in [-0.05, 0) is 56.5 Å². The number of hydrogen-bond acceptors (Lipinski definition) is 4. The molecule has 1 saturated heterocycles. The van der Waals surface area contributed by atoms with Crippen molar-refractivity contribution in [1.82, 2.24) is 5.32 Å². The molecule has 5 heteroatoms. The fourth-order valence-corrected chi connectivity index (χ4v) is 3.28. The summed E-state index contributed by atoms with van der Waals surface area (Å²) in [5, 5.41) is 14.7. The lowest BCUT2D eigenvalue weighted by Gasteiger charge is -2.43. The number of methoxy groups -OCH3 is 1. The molecule has 0 saturated carbocycles. The van der Waals surface area contributed by atoms with E-state index in [1.54, 1.807) is 20.1 Å². The van der Waals surface area contributed by atoms with Gasteiger partial charge in [0, 0.05) is 19.6 Å². The zero-order valence-electron chi connectivity index (χ0n) is 14.3. The predicted octanol–water partition coefficient (Wildman–Crippen LogP) is 3.02. The highest BCUT2D eigenvalue weighted by molar-refractivity contribution is 5.33. The van der Waals surface area contributed by atoms with Crippen molar-refractivity contribution in [3.8, 4) is 5.75 Å². The van der Waals surface area contributed by atoms with Crippen molar-refractivity contribution in [2.45, 2.75) is 51.4 Å².